The standard InChI is InChI=1S/C13H14O4S3/c1-17-12(16)11(9-5-3-2-4-6-9)20-13(18)19-8-7-10(14)15/h2-6,11H,7-8H2,1H3,(H,14,15). The Balaban J connectivity index is 2.64. The molecule has 0 saturated carbocycles. The van der Waals surface area contributed by atoms with Crippen LogP contribution in [0.5, 0.6) is 0 Å². The average Bonchev–Trinajstić information content (AvgIpc) is 2.44. The van der Waals surface area contributed by atoms with Gasteiger partial charge in [0.05, 0.1) is 13.5 Å². The van der Waals surface area contributed by atoms with Gasteiger partial charge in [0, 0.05) is 5.75 Å². The van der Waals surface area contributed by atoms with Gasteiger partial charge >= 0.3 is 11.9 Å². The number of thiocarbonyl (C=S) groups is 1. The largest absolute Gasteiger partial charge is 0.481 e. The molecule has 1 aromatic carbocycles. The molecule has 1 atom stereocenters. The first-order valence-electron chi connectivity index (χ1n) is 5.72. The topological polar surface area (TPSA) is 63.6 Å². The van der Waals surface area contributed by atoms with Gasteiger partial charge in [-0.25, -0.2) is 0 Å². The van der Waals surface area contributed by atoms with Crippen molar-refractivity contribution in [3.8, 4) is 0 Å². The maximum atomic E-state index is 11.8. The second-order valence-electron chi connectivity index (χ2n) is 3.67. The van der Waals surface area contributed by atoms with Crippen LogP contribution in [0.25, 0.3) is 0 Å². The van der Waals surface area contributed by atoms with E-state index in [2.05, 4.69) is 0 Å². The normalized spacial score (nSPS) is 11.7. The lowest BCUT2D eigenvalue weighted by Crippen LogP contribution is -2.12. The molecule has 0 aromatic heterocycles. The van der Waals surface area contributed by atoms with E-state index in [4.69, 9.17) is 22.1 Å². The Kier molecular flexibility index (Phi) is 7.64. The van der Waals surface area contributed by atoms with Crippen molar-refractivity contribution < 1.29 is 19.4 Å². The van der Waals surface area contributed by atoms with Crippen LogP contribution in [0.4, 0.5) is 0 Å². The van der Waals surface area contributed by atoms with Crippen molar-refractivity contribution >= 4 is 51.2 Å². The molecule has 0 heterocycles. The lowest BCUT2D eigenvalue weighted by atomic mass is 10.1. The third kappa shape index (κ3) is 5.94. The Hall–Kier alpha value is -1.05. The summed E-state index contributed by atoms with van der Waals surface area (Å²) in [6.07, 6.45) is 0.0413. The molecule has 0 fully saturated rings. The summed E-state index contributed by atoms with van der Waals surface area (Å²) in [4.78, 5) is 22.3. The lowest BCUT2D eigenvalue weighted by molar-refractivity contribution is -0.140. The van der Waals surface area contributed by atoms with Gasteiger partial charge in [-0.05, 0) is 5.56 Å². The highest BCUT2D eigenvalue weighted by atomic mass is 32.2. The number of aliphatic carboxylic acids is 1. The number of hydrogen-bond acceptors (Lipinski definition) is 6. The molecular weight excluding hydrogens is 316 g/mol. The second kappa shape index (κ2) is 8.99. The number of carboxylic acids is 1. The van der Waals surface area contributed by atoms with Gasteiger partial charge in [0.15, 0.2) is 0 Å². The predicted molar refractivity (Wildman–Crippen MR) is 86.1 cm³/mol. The molecule has 0 bridgehead atoms. The monoisotopic (exact) mass is 330 g/mol. The van der Waals surface area contributed by atoms with E-state index in [1.807, 2.05) is 30.3 Å². The van der Waals surface area contributed by atoms with Crippen molar-refractivity contribution in [3.05, 3.63) is 35.9 Å². The first kappa shape index (κ1) is 17.0. The van der Waals surface area contributed by atoms with Crippen LogP contribution >= 0.6 is 35.7 Å². The SMILES string of the molecule is COC(=O)C(SC(=S)SCCC(=O)O)c1ccccc1. The molecule has 0 aliphatic rings. The van der Waals surface area contributed by atoms with Crippen LogP contribution in [-0.2, 0) is 14.3 Å². The summed E-state index contributed by atoms with van der Waals surface area (Å²) in [6, 6.07) is 9.21. The fraction of sp³-hybridized carbons (Fsp3) is 0.308. The van der Waals surface area contributed by atoms with Crippen LogP contribution in [0.15, 0.2) is 30.3 Å². The van der Waals surface area contributed by atoms with Crippen LogP contribution in [0.3, 0.4) is 0 Å². The van der Waals surface area contributed by atoms with Gasteiger partial charge in [-0.15, -0.1) is 11.8 Å². The number of rotatable bonds is 6. The Labute approximate surface area is 131 Å². The maximum Gasteiger partial charge on any atom is 0.323 e. The van der Waals surface area contributed by atoms with Crippen molar-refractivity contribution in [1.29, 1.82) is 0 Å². The number of carbonyl (C=O) groups is 2. The van der Waals surface area contributed by atoms with Gasteiger partial charge in [-0.3, -0.25) is 9.59 Å². The first-order chi connectivity index (χ1) is 9.54. The van der Waals surface area contributed by atoms with E-state index < -0.39 is 11.2 Å². The van der Waals surface area contributed by atoms with Crippen LogP contribution in [-0.4, -0.2) is 33.4 Å². The molecule has 4 nitrogen and oxygen atoms in total. The van der Waals surface area contributed by atoms with Crippen molar-refractivity contribution in [2.45, 2.75) is 11.7 Å². The molecule has 1 aromatic rings. The minimum absolute atomic E-state index is 0.0413. The molecular formula is C13H14O4S3. The quantitative estimate of drug-likeness (QED) is 0.635. The number of carboxylic acid groups (broad SMARTS) is 1. The molecule has 1 N–H and O–H groups in total. The summed E-state index contributed by atoms with van der Waals surface area (Å²) in [5.41, 5.74) is 0.811. The van der Waals surface area contributed by atoms with E-state index >= 15 is 0 Å². The van der Waals surface area contributed by atoms with Crippen molar-refractivity contribution in [1.82, 2.24) is 0 Å². The Morgan fingerprint density at radius 1 is 1.35 bits per heavy atom. The van der Waals surface area contributed by atoms with E-state index in [0.29, 0.717) is 9.28 Å². The van der Waals surface area contributed by atoms with Crippen LogP contribution in [0, 0.1) is 0 Å². The highest BCUT2D eigenvalue weighted by Gasteiger charge is 2.23. The molecule has 1 rings (SSSR count). The number of esters is 1. The number of carbonyl (C=O) groups excluding carboxylic acids is 1. The first-order valence-corrected chi connectivity index (χ1v) is 8.00. The molecule has 0 aliphatic heterocycles. The highest BCUT2D eigenvalue weighted by molar-refractivity contribution is 8.47. The summed E-state index contributed by atoms with van der Waals surface area (Å²) in [5, 5.41) is 8.05. The van der Waals surface area contributed by atoms with Crippen LogP contribution in [0.2, 0.25) is 0 Å². The number of thioether (sulfide) groups is 2. The predicted octanol–water partition coefficient (Wildman–Crippen LogP) is 3.13. The zero-order valence-corrected chi connectivity index (χ0v) is 13.2. The van der Waals surface area contributed by atoms with Gasteiger partial charge in [0.1, 0.15) is 8.78 Å². The Bertz CT molecular complexity index is 476. The van der Waals surface area contributed by atoms with Crippen molar-refractivity contribution in [2.24, 2.45) is 0 Å². The minimum atomic E-state index is -0.863. The van der Waals surface area contributed by atoms with Crippen LogP contribution < -0.4 is 0 Å². The average molecular weight is 330 g/mol. The zero-order valence-electron chi connectivity index (χ0n) is 10.8. The Morgan fingerprint density at radius 3 is 2.55 bits per heavy atom. The fourth-order valence-electron chi connectivity index (χ4n) is 1.34. The minimum Gasteiger partial charge on any atom is -0.481 e. The third-order valence-electron chi connectivity index (χ3n) is 2.27. The summed E-state index contributed by atoms with van der Waals surface area (Å²) in [7, 11) is 1.33. The number of hydrogen-bond donors (Lipinski definition) is 1. The highest BCUT2D eigenvalue weighted by Crippen LogP contribution is 2.34. The number of methoxy groups -OCH3 is 1. The third-order valence-corrected chi connectivity index (χ3v) is 5.09. The van der Waals surface area contributed by atoms with Crippen LogP contribution in [0.1, 0.15) is 17.2 Å². The van der Waals surface area contributed by atoms with Gasteiger partial charge in [0.25, 0.3) is 0 Å². The smallest absolute Gasteiger partial charge is 0.323 e. The molecule has 0 aliphatic carbocycles. The number of benzene rings is 1. The molecule has 0 spiro atoms. The Morgan fingerprint density at radius 2 is 2.00 bits per heavy atom. The van der Waals surface area contributed by atoms with Gasteiger partial charge in [0.2, 0.25) is 0 Å². The zero-order chi connectivity index (χ0) is 15.0. The molecule has 7 heteroatoms. The molecule has 108 valence electrons. The molecule has 0 radical (unpaired) electrons. The van der Waals surface area contributed by atoms with E-state index in [-0.39, 0.29) is 12.4 Å². The fourth-order valence-corrected chi connectivity index (χ4v) is 3.81. The summed E-state index contributed by atoms with van der Waals surface area (Å²) < 4.78 is 5.32. The molecule has 0 amide bonds. The molecule has 1 unspecified atom stereocenters. The van der Waals surface area contributed by atoms with Gasteiger partial charge in [-0.1, -0.05) is 54.3 Å². The summed E-state index contributed by atoms with van der Waals surface area (Å²) in [5.74, 6) is -0.843. The van der Waals surface area contributed by atoms with E-state index in [1.54, 1.807) is 0 Å². The van der Waals surface area contributed by atoms with Crippen molar-refractivity contribution in [2.75, 3.05) is 12.9 Å². The lowest BCUT2D eigenvalue weighted by Gasteiger charge is -2.14. The number of ether oxygens (including phenoxy) is 1. The van der Waals surface area contributed by atoms with E-state index in [9.17, 15) is 9.59 Å². The molecule has 0 saturated heterocycles. The van der Waals surface area contributed by atoms with E-state index in [0.717, 1.165) is 5.56 Å². The summed E-state index contributed by atoms with van der Waals surface area (Å²) in [6.45, 7) is 0. The van der Waals surface area contributed by atoms with E-state index in [1.165, 1.54) is 30.6 Å². The maximum absolute atomic E-state index is 11.8. The second-order valence-corrected chi connectivity index (χ2v) is 7.08. The summed E-state index contributed by atoms with van der Waals surface area (Å²) >= 11 is 7.65. The van der Waals surface area contributed by atoms with Gasteiger partial charge < -0.3 is 9.84 Å². The molecule has 20 heavy (non-hydrogen) atoms. The van der Waals surface area contributed by atoms with Crippen molar-refractivity contribution in [3.63, 3.8) is 0 Å². The van der Waals surface area contributed by atoms with Gasteiger partial charge in [-0.2, -0.15) is 0 Å².